The number of carbonyl (C=O) groups is 1. The summed E-state index contributed by atoms with van der Waals surface area (Å²) in [6.07, 6.45) is 3.38. The highest BCUT2D eigenvalue weighted by Gasteiger charge is 2.53. The van der Waals surface area contributed by atoms with Crippen molar-refractivity contribution in [3.63, 3.8) is 0 Å². The highest BCUT2D eigenvalue weighted by molar-refractivity contribution is 5.85. The van der Waals surface area contributed by atoms with Gasteiger partial charge in [-0.2, -0.15) is 0 Å². The molecule has 4 heteroatoms. The Kier molecular flexibility index (Phi) is 6.89. The molecule has 0 spiro atoms. The number of carboxylic acids is 1. The quantitative estimate of drug-likeness (QED) is 0.783. The smallest absolute Gasteiger partial charge is 0.314 e. The maximum Gasteiger partial charge on any atom is 0.314 e. The minimum Gasteiger partial charge on any atom is -0.481 e. The van der Waals surface area contributed by atoms with Gasteiger partial charge in [0.25, 0.3) is 0 Å². The highest BCUT2D eigenvalue weighted by Crippen LogP contribution is 2.50. The zero-order valence-electron chi connectivity index (χ0n) is 15.3. The SMILES string of the molecule is CC(C)C(N)(CC1CCCC1(C(=O)O)c1ccccc1)C(C)C.Cl. The standard InChI is InChI=1S/C20H31NO2.ClH/c1-14(2)20(21,15(3)4)13-17-11-8-12-19(17,18(22)23)16-9-6-5-7-10-16;/h5-7,9-10,14-15,17H,8,11-13,21H2,1-4H3,(H,22,23);1H. The number of aliphatic carboxylic acids is 1. The van der Waals surface area contributed by atoms with E-state index in [0.29, 0.717) is 18.3 Å². The summed E-state index contributed by atoms with van der Waals surface area (Å²) >= 11 is 0. The molecule has 1 aromatic carbocycles. The van der Waals surface area contributed by atoms with Gasteiger partial charge in [-0.3, -0.25) is 4.79 Å². The second kappa shape index (κ2) is 7.88. The number of carboxylic acid groups (broad SMARTS) is 1. The third kappa shape index (κ3) is 3.48. The van der Waals surface area contributed by atoms with Crippen LogP contribution in [0.3, 0.4) is 0 Å². The molecule has 2 atom stereocenters. The Morgan fingerprint density at radius 3 is 2.25 bits per heavy atom. The number of halogens is 1. The van der Waals surface area contributed by atoms with E-state index in [0.717, 1.165) is 24.8 Å². The van der Waals surface area contributed by atoms with Crippen LogP contribution in [0, 0.1) is 17.8 Å². The molecule has 1 saturated carbocycles. The largest absolute Gasteiger partial charge is 0.481 e. The lowest BCUT2D eigenvalue weighted by molar-refractivity contribution is -0.146. The van der Waals surface area contributed by atoms with E-state index in [-0.39, 0.29) is 23.9 Å². The molecule has 2 unspecified atom stereocenters. The number of hydrogen-bond acceptors (Lipinski definition) is 2. The van der Waals surface area contributed by atoms with Crippen molar-refractivity contribution in [2.75, 3.05) is 0 Å². The third-order valence-electron chi connectivity index (χ3n) is 6.24. The van der Waals surface area contributed by atoms with Gasteiger partial charge in [0.1, 0.15) is 0 Å². The Bertz CT molecular complexity index is 536. The Balaban J connectivity index is 0.00000288. The van der Waals surface area contributed by atoms with Gasteiger partial charge in [-0.15, -0.1) is 12.4 Å². The second-order valence-corrected chi connectivity index (χ2v) is 7.86. The first-order valence-corrected chi connectivity index (χ1v) is 8.83. The van der Waals surface area contributed by atoms with Crippen molar-refractivity contribution < 1.29 is 9.90 Å². The van der Waals surface area contributed by atoms with Gasteiger partial charge in [0.15, 0.2) is 0 Å². The van der Waals surface area contributed by atoms with Crippen molar-refractivity contribution in [3.05, 3.63) is 35.9 Å². The first kappa shape index (κ1) is 21.0. The summed E-state index contributed by atoms with van der Waals surface area (Å²) in [6, 6.07) is 9.76. The summed E-state index contributed by atoms with van der Waals surface area (Å²) in [5.74, 6) is 0.0500. The highest BCUT2D eigenvalue weighted by atomic mass is 35.5. The van der Waals surface area contributed by atoms with Gasteiger partial charge in [-0.25, -0.2) is 0 Å². The van der Waals surface area contributed by atoms with Crippen LogP contribution < -0.4 is 5.73 Å². The van der Waals surface area contributed by atoms with Crippen LogP contribution in [0.4, 0.5) is 0 Å². The minimum atomic E-state index is -0.782. The summed E-state index contributed by atoms with van der Waals surface area (Å²) in [5, 5.41) is 10.1. The first-order chi connectivity index (χ1) is 10.7. The molecule has 1 fully saturated rings. The number of nitrogens with two attached hydrogens (primary N) is 1. The molecule has 0 radical (unpaired) electrons. The molecule has 1 aliphatic rings. The molecule has 0 bridgehead atoms. The average molecular weight is 354 g/mol. The van der Waals surface area contributed by atoms with Crippen molar-refractivity contribution in [1.29, 1.82) is 0 Å². The summed E-state index contributed by atoms with van der Waals surface area (Å²) in [4.78, 5) is 12.3. The molecule has 2 rings (SSSR count). The summed E-state index contributed by atoms with van der Waals surface area (Å²) < 4.78 is 0. The maximum absolute atomic E-state index is 12.3. The van der Waals surface area contributed by atoms with E-state index in [1.54, 1.807) is 0 Å². The molecule has 0 aromatic heterocycles. The zero-order valence-corrected chi connectivity index (χ0v) is 16.1. The molecule has 0 heterocycles. The number of hydrogen-bond donors (Lipinski definition) is 2. The molecule has 0 aliphatic heterocycles. The van der Waals surface area contributed by atoms with Crippen LogP contribution >= 0.6 is 12.4 Å². The van der Waals surface area contributed by atoms with Gasteiger partial charge in [-0.05, 0) is 42.6 Å². The first-order valence-electron chi connectivity index (χ1n) is 8.83. The fourth-order valence-corrected chi connectivity index (χ4v) is 4.44. The van der Waals surface area contributed by atoms with Crippen LogP contribution in [0.1, 0.15) is 58.9 Å². The van der Waals surface area contributed by atoms with Gasteiger partial charge >= 0.3 is 5.97 Å². The van der Waals surface area contributed by atoms with Gasteiger partial charge < -0.3 is 10.8 Å². The predicted octanol–water partition coefficient (Wildman–Crippen LogP) is 4.63. The van der Waals surface area contributed by atoms with E-state index < -0.39 is 11.4 Å². The molecular formula is C20H32ClNO2. The Morgan fingerprint density at radius 1 is 1.25 bits per heavy atom. The fraction of sp³-hybridized carbons (Fsp3) is 0.650. The van der Waals surface area contributed by atoms with E-state index in [2.05, 4.69) is 27.7 Å². The van der Waals surface area contributed by atoms with Crippen LogP contribution in [0.2, 0.25) is 0 Å². The summed E-state index contributed by atoms with van der Waals surface area (Å²) in [5.41, 5.74) is 6.59. The van der Waals surface area contributed by atoms with Gasteiger partial charge in [-0.1, -0.05) is 64.4 Å². The Hall–Kier alpha value is -1.06. The molecule has 0 saturated heterocycles. The average Bonchev–Trinajstić information content (AvgIpc) is 2.92. The van der Waals surface area contributed by atoms with E-state index >= 15 is 0 Å². The van der Waals surface area contributed by atoms with Gasteiger partial charge in [0.05, 0.1) is 5.41 Å². The van der Waals surface area contributed by atoms with Crippen LogP contribution in [0.25, 0.3) is 0 Å². The topological polar surface area (TPSA) is 63.3 Å². The molecule has 3 N–H and O–H groups in total. The van der Waals surface area contributed by atoms with E-state index in [9.17, 15) is 9.90 Å². The minimum absolute atomic E-state index is 0. The molecule has 0 amide bonds. The molecule has 136 valence electrons. The fourth-order valence-electron chi connectivity index (χ4n) is 4.44. The van der Waals surface area contributed by atoms with Crippen LogP contribution in [0.5, 0.6) is 0 Å². The molecule has 24 heavy (non-hydrogen) atoms. The van der Waals surface area contributed by atoms with Crippen molar-refractivity contribution in [3.8, 4) is 0 Å². The zero-order chi connectivity index (χ0) is 17.3. The second-order valence-electron chi connectivity index (χ2n) is 7.86. The lowest BCUT2D eigenvalue weighted by Crippen LogP contribution is -2.54. The molecule has 3 nitrogen and oxygen atoms in total. The lowest BCUT2D eigenvalue weighted by atomic mass is 9.64. The van der Waals surface area contributed by atoms with Crippen LogP contribution in [-0.2, 0) is 10.2 Å². The van der Waals surface area contributed by atoms with Crippen molar-refractivity contribution in [1.82, 2.24) is 0 Å². The van der Waals surface area contributed by atoms with E-state index in [4.69, 9.17) is 5.73 Å². The van der Waals surface area contributed by atoms with Crippen molar-refractivity contribution >= 4 is 18.4 Å². The van der Waals surface area contributed by atoms with Crippen LogP contribution in [0.15, 0.2) is 30.3 Å². The summed E-state index contributed by atoms with van der Waals surface area (Å²) in [6.45, 7) is 8.61. The summed E-state index contributed by atoms with van der Waals surface area (Å²) in [7, 11) is 0. The number of benzene rings is 1. The van der Waals surface area contributed by atoms with Crippen molar-refractivity contribution in [2.45, 2.75) is 64.3 Å². The predicted molar refractivity (Wildman–Crippen MR) is 102 cm³/mol. The molecule has 1 aromatic rings. The van der Waals surface area contributed by atoms with Crippen LogP contribution in [-0.4, -0.2) is 16.6 Å². The number of rotatable bonds is 6. The van der Waals surface area contributed by atoms with Crippen molar-refractivity contribution in [2.24, 2.45) is 23.5 Å². The van der Waals surface area contributed by atoms with Gasteiger partial charge in [0.2, 0.25) is 0 Å². The lowest BCUT2D eigenvalue weighted by Gasteiger charge is -2.43. The normalized spacial score (nSPS) is 24.2. The third-order valence-corrected chi connectivity index (χ3v) is 6.24. The molecular weight excluding hydrogens is 322 g/mol. The maximum atomic E-state index is 12.3. The van der Waals surface area contributed by atoms with Gasteiger partial charge in [0, 0.05) is 5.54 Å². The Morgan fingerprint density at radius 2 is 1.79 bits per heavy atom. The van der Waals surface area contributed by atoms with E-state index in [1.807, 2.05) is 30.3 Å². The monoisotopic (exact) mass is 353 g/mol. The molecule has 1 aliphatic carbocycles. The Labute approximate surface area is 152 Å². The van der Waals surface area contributed by atoms with E-state index in [1.165, 1.54) is 0 Å².